The van der Waals surface area contributed by atoms with Gasteiger partial charge in [0.15, 0.2) is 0 Å². The van der Waals surface area contributed by atoms with Crippen molar-refractivity contribution >= 4 is 15.9 Å². The van der Waals surface area contributed by atoms with Crippen molar-refractivity contribution in [3.05, 3.63) is 95.6 Å². The first-order chi connectivity index (χ1) is 19.6. The largest absolute Gasteiger partial charge is 0.405 e. The van der Waals surface area contributed by atoms with Crippen LogP contribution in [0.25, 0.3) is 11.1 Å². The topological polar surface area (TPSA) is 69.7 Å². The van der Waals surface area contributed by atoms with E-state index in [1.165, 1.54) is 0 Å². The number of carbonyl (C=O) groups is 1. The first kappa shape index (κ1) is 29.3. The Kier molecular flexibility index (Phi) is 8.54. The van der Waals surface area contributed by atoms with Crippen LogP contribution in [0.1, 0.15) is 36.0 Å². The standard InChI is InChI=1S/C31H34F3N3O3S/c32-31(33,34)23-35-29(38)30(27-14-6-4-12-25(27)26-13-5-7-15-28(26)30)16-8-9-17-36-18-20-37(21-19-36)41(39,40)22-24-10-2-1-3-11-24/h1-7,10-15H,8-9,16-23H2,(H,35,38). The Morgan fingerprint density at radius 2 is 1.37 bits per heavy atom. The number of piperazine rings is 1. The summed E-state index contributed by atoms with van der Waals surface area (Å²) in [6, 6.07) is 24.0. The maximum absolute atomic E-state index is 13.6. The van der Waals surface area contributed by atoms with Crippen molar-refractivity contribution in [1.29, 1.82) is 0 Å². The number of hydrogen-bond donors (Lipinski definition) is 1. The maximum Gasteiger partial charge on any atom is 0.405 e. The van der Waals surface area contributed by atoms with Gasteiger partial charge in [0.1, 0.15) is 12.0 Å². The van der Waals surface area contributed by atoms with Crippen LogP contribution in [-0.4, -0.2) is 69.0 Å². The molecule has 0 atom stereocenters. The molecule has 1 N–H and O–H groups in total. The van der Waals surface area contributed by atoms with Gasteiger partial charge in [-0.05, 0) is 47.2 Å². The van der Waals surface area contributed by atoms with Crippen LogP contribution < -0.4 is 5.32 Å². The summed E-state index contributed by atoms with van der Waals surface area (Å²) in [5, 5.41) is 2.18. The van der Waals surface area contributed by atoms with E-state index in [9.17, 15) is 26.4 Å². The van der Waals surface area contributed by atoms with Gasteiger partial charge < -0.3 is 10.2 Å². The van der Waals surface area contributed by atoms with Crippen LogP contribution in [0.4, 0.5) is 13.2 Å². The number of fused-ring (bicyclic) bond motifs is 3. The molecule has 41 heavy (non-hydrogen) atoms. The Hall–Kier alpha value is -3.21. The fourth-order valence-electron chi connectivity index (χ4n) is 6.12. The molecule has 1 aliphatic heterocycles. The summed E-state index contributed by atoms with van der Waals surface area (Å²) in [6.45, 7) is 1.39. The number of benzene rings is 3. The third kappa shape index (κ3) is 6.34. The molecule has 1 saturated heterocycles. The van der Waals surface area contributed by atoms with E-state index in [1.807, 2.05) is 78.9 Å². The number of halogens is 3. The quantitative estimate of drug-likeness (QED) is 0.342. The minimum Gasteiger partial charge on any atom is -0.346 e. The molecule has 0 unspecified atom stereocenters. The van der Waals surface area contributed by atoms with Crippen molar-refractivity contribution in [2.45, 2.75) is 36.6 Å². The van der Waals surface area contributed by atoms with E-state index >= 15 is 0 Å². The van der Waals surface area contributed by atoms with Crippen molar-refractivity contribution in [1.82, 2.24) is 14.5 Å². The summed E-state index contributed by atoms with van der Waals surface area (Å²) in [4.78, 5) is 15.8. The fraction of sp³-hybridized carbons (Fsp3) is 0.387. The molecule has 5 rings (SSSR count). The molecule has 3 aromatic rings. The Bertz CT molecular complexity index is 1420. The zero-order chi connectivity index (χ0) is 29.1. The first-order valence-corrected chi connectivity index (χ1v) is 15.5. The number of carbonyl (C=O) groups excluding carboxylic acids is 1. The minimum absolute atomic E-state index is 0.0186. The number of sulfonamides is 1. The Morgan fingerprint density at radius 3 is 1.95 bits per heavy atom. The molecule has 218 valence electrons. The van der Waals surface area contributed by atoms with Gasteiger partial charge in [0, 0.05) is 26.2 Å². The lowest BCUT2D eigenvalue weighted by Gasteiger charge is -2.34. The highest BCUT2D eigenvalue weighted by Crippen LogP contribution is 2.51. The van der Waals surface area contributed by atoms with Gasteiger partial charge in [0.25, 0.3) is 0 Å². The van der Waals surface area contributed by atoms with Gasteiger partial charge in [-0.3, -0.25) is 4.79 Å². The molecule has 1 aliphatic carbocycles. The second-order valence-electron chi connectivity index (χ2n) is 10.7. The molecule has 1 heterocycles. The summed E-state index contributed by atoms with van der Waals surface area (Å²) in [7, 11) is -3.40. The Labute approximate surface area is 239 Å². The van der Waals surface area contributed by atoms with Crippen LogP contribution in [0.2, 0.25) is 0 Å². The molecule has 1 amide bonds. The van der Waals surface area contributed by atoms with Gasteiger partial charge in [-0.25, -0.2) is 8.42 Å². The smallest absolute Gasteiger partial charge is 0.346 e. The van der Waals surface area contributed by atoms with E-state index < -0.39 is 34.1 Å². The van der Waals surface area contributed by atoms with Gasteiger partial charge in [0.05, 0.1) is 5.75 Å². The lowest BCUT2D eigenvalue weighted by molar-refractivity contribution is -0.141. The van der Waals surface area contributed by atoms with Crippen LogP contribution in [0, 0.1) is 0 Å². The molecule has 0 spiro atoms. The van der Waals surface area contributed by atoms with Crippen LogP contribution in [0.5, 0.6) is 0 Å². The minimum atomic E-state index is -4.51. The summed E-state index contributed by atoms with van der Waals surface area (Å²) < 4.78 is 66.6. The molecule has 0 saturated carbocycles. The Balaban J connectivity index is 1.23. The van der Waals surface area contributed by atoms with Gasteiger partial charge in [0.2, 0.25) is 15.9 Å². The summed E-state index contributed by atoms with van der Waals surface area (Å²) >= 11 is 0. The van der Waals surface area contributed by atoms with E-state index in [-0.39, 0.29) is 5.75 Å². The molecule has 2 aliphatic rings. The van der Waals surface area contributed by atoms with E-state index in [0.717, 1.165) is 40.8 Å². The Morgan fingerprint density at radius 1 is 0.805 bits per heavy atom. The number of hydrogen-bond acceptors (Lipinski definition) is 4. The number of unbranched alkanes of at least 4 members (excludes halogenated alkanes) is 1. The second-order valence-corrected chi connectivity index (χ2v) is 12.7. The number of nitrogens with zero attached hydrogens (tertiary/aromatic N) is 2. The van der Waals surface area contributed by atoms with Gasteiger partial charge >= 0.3 is 6.18 Å². The van der Waals surface area contributed by atoms with Crippen molar-refractivity contribution in [3.8, 4) is 11.1 Å². The summed E-state index contributed by atoms with van der Waals surface area (Å²) in [6.07, 6.45) is -2.79. The number of rotatable bonds is 10. The highest BCUT2D eigenvalue weighted by atomic mass is 32.2. The molecular weight excluding hydrogens is 551 g/mol. The lowest BCUT2D eigenvalue weighted by Crippen LogP contribution is -2.49. The third-order valence-electron chi connectivity index (χ3n) is 8.09. The normalized spacial score (nSPS) is 17.1. The predicted octanol–water partition coefficient (Wildman–Crippen LogP) is 4.95. The number of alkyl halides is 3. The molecule has 1 fully saturated rings. The molecule has 6 nitrogen and oxygen atoms in total. The summed E-state index contributed by atoms with van der Waals surface area (Å²) in [5.41, 5.74) is 2.77. The van der Waals surface area contributed by atoms with Gasteiger partial charge in [-0.2, -0.15) is 17.5 Å². The van der Waals surface area contributed by atoms with E-state index in [2.05, 4.69) is 10.2 Å². The molecular formula is C31H34F3N3O3S. The highest BCUT2D eigenvalue weighted by Gasteiger charge is 2.49. The van der Waals surface area contributed by atoms with E-state index in [1.54, 1.807) is 4.31 Å². The zero-order valence-electron chi connectivity index (χ0n) is 22.7. The van der Waals surface area contributed by atoms with Crippen molar-refractivity contribution in [2.24, 2.45) is 0 Å². The predicted molar refractivity (Wildman–Crippen MR) is 153 cm³/mol. The van der Waals surface area contributed by atoms with Gasteiger partial charge in [-0.15, -0.1) is 0 Å². The van der Waals surface area contributed by atoms with Crippen LogP contribution in [0.3, 0.4) is 0 Å². The zero-order valence-corrected chi connectivity index (χ0v) is 23.6. The van der Waals surface area contributed by atoms with Crippen molar-refractivity contribution < 1.29 is 26.4 Å². The molecule has 3 aromatic carbocycles. The van der Waals surface area contributed by atoms with Crippen molar-refractivity contribution in [2.75, 3.05) is 39.3 Å². The number of amides is 1. The second kappa shape index (κ2) is 12.0. The average Bonchev–Trinajstić information content (AvgIpc) is 3.25. The lowest BCUT2D eigenvalue weighted by atomic mass is 9.73. The first-order valence-electron chi connectivity index (χ1n) is 13.9. The van der Waals surface area contributed by atoms with Crippen LogP contribution >= 0.6 is 0 Å². The fourth-order valence-corrected chi connectivity index (χ4v) is 7.63. The highest BCUT2D eigenvalue weighted by molar-refractivity contribution is 7.88. The molecule has 10 heteroatoms. The SMILES string of the molecule is O=C(NCC(F)(F)F)C1(CCCCN2CCN(S(=O)(=O)Cc3ccccc3)CC2)c2ccccc2-c2ccccc21. The van der Waals surface area contributed by atoms with E-state index in [0.29, 0.717) is 39.0 Å². The van der Waals surface area contributed by atoms with Crippen LogP contribution in [0.15, 0.2) is 78.9 Å². The molecule has 0 bridgehead atoms. The number of nitrogens with one attached hydrogen (secondary N) is 1. The summed E-state index contributed by atoms with van der Waals surface area (Å²) in [5.74, 6) is -0.653. The average molecular weight is 586 g/mol. The van der Waals surface area contributed by atoms with Crippen LogP contribution in [-0.2, 0) is 26.0 Å². The van der Waals surface area contributed by atoms with Crippen molar-refractivity contribution in [3.63, 3.8) is 0 Å². The maximum atomic E-state index is 13.6. The monoisotopic (exact) mass is 585 g/mol. The van der Waals surface area contributed by atoms with Gasteiger partial charge in [-0.1, -0.05) is 85.3 Å². The molecule has 0 aromatic heterocycles. The molecule has 0 radical (unpaired) electrons. The van der Waals surface area contributed by atoms with E-state index in [4.69, 9.17) is 0 Å². The third-order valence-corrected chi connectivity index (χ3v) is 9.94.